The number of rotatable bonds is 10. The molecule has 7 heteroatoms. The first-order valence-electron chi connectivity index (χ1n) is 11.7. The molecule has 1 aliphatic rings. The number of carbonyl (C=O) groups is 2. The molecular weight excluding hydrogens is 452 g/mol. The van der Waals surface area contributed by atoms with Crippen LogP contribution in [-0.4, -0.2) is 37.8 Å². The Bertz CT molecular complexity index is 1100. The number of methoxy groups -OCH3 is 1. The van der Waals surface area contributed by atoms with Gasteiger partial charge in [0.05, 0.1) is 18.4 Å². The van der Waals surface area contributed by atoms with Gasteiger partial charge in [0, 0.05) is 12.3 Å². The first-order valence-corrected chi connectivity index (χ1v) is 13.2. The van der Waals surface area contributed by atoms with Gasteiger partial charge in [-0.2, -0.15) is 0 Å². The summed E-state index contributed by atoms with van der Waals surface area (Å²) in [5.41, 5.74) is -0.447. The topological polar surface area (TPSA) is 86.7 Å². The maximum Gasteiger partial charge on any atom is 0.329 e. The lowest BCUT2D eigenvalue weighted by Crippen LogP contribution is -2.53. The Morgan fingerprint density at radius 3 is 2.21 bits per heavy atom. The molecule has 0 spiro atoms. The van der Waals surface area contributed by atoms with Gasteiger partial charge in [-0.1, -0.05) is 68.8 Å². The average molecular weight is 487 g/mol. The second kappa shape index (κ2) is 10.3. The fourth-order valence-corrected chi connectivity index (χ4v) is 7.28. The number of hydrogen-bond acceptors (Lipinski definition) is 6. The van der Waals surface area contributed by atoms with E-state index in [2.05, 4.69) is 13.8 Å². The molecule has 0 aliphatic carbocycles. The second-order valence-corrected chi connectivity index (χ2v) is 11.9. The van der Waals surface area contributed by atoms with Crippen LogP contribution >= 0.6 is 0 Å². The van der Waals surface area contributed by atoms with E-state index in [9.17, 15) is 18.0 Å². The van der Waals surface area contributed by atoms with Gasteiger partial charge >= 0.3 is 11.9 Å². The van der Waals surface area contributed by atoms with Gasteiger partial charge in [0.25, 0.3) is 0 Å². The summed E-state index contributed by atoms with van der Waals surface area (Å²) in [4.78, 5) is 26.4. The highest BCUT2D eigenvalue weighted by Gasteiger charge is 2.69. The summed E-state index contributed by atoms with van der Waals surface area (Å²) in [7, 11) is -2.98. The summed E-state index contributed by atoms with van der Waals surface area (Å²) < 4.78 is 37.5. The van der Waals surface area contributed by atoms with Crippen molar-refractivity contribution in [1.82, 2.24) is 0 Å². The minimum Gasteiger partial charge on any atom is -0.469 e. The van der Waals surface area contributed by atoms with Crippen LogP contribution in [0, 0.1) is 11.8 Å². The predicted molar refractivity (Wildman–Crippen MR) is 130 cm³/mol. The van der Waals surface area contributed by atoms with Gasteiger partial charge < -0.3 is 9.47 Å². The van der Waals surface area contributed by atoms with Crippen molar-refractivity contribution in [2.45, 2.75) is 68.1 Å². The Morgan fingerprint density at radius 2 is 1.65 bits per heavy atom. The summed E-state index contributed by atoms with van der Waals surface area (Å²) in [6.45, 7) is 5.97. The summed E-state index contributed by atoms with van der Waals surface area (Å²) in [5, 5.41) is 0. The van der Waals surface area contributed by atoms with E-state index in [1.165, 1.54) is 19.2 Å². The molecule has 0 aromatic heterocycles. The molecule has 3 atom stereocenters. The summed E-state index contributed by atoms with van der Waals surface area (Å²) in [5.74, 6) is -1.85. The molecule has 0 unspecified atom stereocenters. The SMILES string of the molecule is COC(=O)C[C@@H]1[C@@](Cc2ccccc2)(S(=O)(=O)c2ccccc2)C(=O)O[C@@]1(C)CCCC(C)C. The summed E-state index contributed by atoms with van der Waals surface area (Å²) in [6, 6.07) is 17.0. The summed E-state index contributed by atoms with van der Waals surface area (Å²) >= 11 is 0. The monoisotopic (exact) mass is 486 g/mol. The van der Waals surface area contributed by atoms with Crippen LogP contribution in [0.25, 0.3) is 0 Å². The molecule has 0 bridgehead atoms. The van der Waals surface area contributed by atoms with Crippen molar-refractivity contribution in [3.63, 3.8) is 0 Å². The first-order chi connectivity index (χ1) is 16.1. The van der Waals surface area contributed by atoms with E-state index in [-0.39, 0.29) is 17.7 Å². The van der Waals surface area contributed by atoms with E-state index in [0.29, 0.717) is 17.9 Å². The van der Waals surface area contributed by atoms with Crippen LogP contribution in [0.2, 0.25) is 0 Å². The molecule has 1 fully saturated rings. The molecule has 1 aliphatic heterocycles. The van der Waals surface area contributed by atoms with Gasteiger partial charge in [-0.05, 0) is 43.4 Å². The largest absolute Gasteiger partial charge is 0.469 e. The zero-order valence-electron chi connectivity index (χ0n) is 20.3. The molecule has 2 aromatic rings. The van der Waals surface area contributed by atoms with E-state index >= 15 is 0 Å². The van der Waals surface area contributed by atoms with Crippen molar-refractivity contribution in [3.8, 4) is 0 Å². The quantitative estimate of drug-likeness (QED) is 0.450. The lowest BCUT2D eigenvalue weighted by atomic mass is 9.74. The van der Waals surface area contributed by atoms with Crippen LogP contribution in [0.4, 0.5) is 0 Å². The lowest BCUT2D eigenvalue weighted by Gasteiger charge is -2.36. The van der Waals surface area contributed by atoms with Crippen molar-refractivity contribution in [2.75, 3.05) is 7.11 Å². The van der Waals surface area contributed by atoms with Gasteiger partial charge in [0.15, 0.2) is 14.6 Å². The van der Waals surface area contributed by atoms with E-state index in [1.807, 2.05) is 6.07 Å². The molecule has 1 heterocycles. The molecule has 6 nitrogen and oxygen atoms in total. The van der Waals surface area contributed by atoms with E-state index < -0.39 is 38.0 Å². The molecule has 2 aromatic carbocycles. The highest BCUT2D eigenvalue weighted by Crippen LogP contribution is 2.52. The smallest absolute Gasteiger partial charge is 0.329 e. The standard InChI is InChI=1S/C27H34O6S/c1-20(2)12-11-17-26(3)23(18-24(28)32-4)27(25(29)33-26,19-21-13-7-5-8-14-21)34(30,31)22-15-9-6-10-16-22/h5-10,13-16,20,23H,11-12,17-19H2,1-4H3/t23-,26-,27+/m0/s1. The van der Waals surface area contributed by atoms with Crippen molar-refractivity contribution >= 4 is 21.8 Å². The highest BCUT2D eigenvalue weighted by molar-refractivity contribution is 7.93. The Morgan fingerprint density at radius 1 is 1.06 bits per heavy atom. The zero-order valence-corrected chi connectivity index (χ0v) is 21.1. The van der Waals surface area contributed by atoms with Crippen LogP contribution in [0.1, 0.15) is 52.0 Å². The van der Waals surface area contributed by atoms with Crippen LogP contribution in [0.15, 0.2) is 65.6 Å². The lowest BCUT2D eigenvalue weighted by molar-refractivity contribution is -0.151. The fraction of sp³-hybridized carbons (Fsp3) is 0.481. The predicted octanol–water partition coefficient (Wildman–Crippen LogP) is 4.76. The minimum atomic E-state index is -4.25. The van der Waals surface area contributed by atoms with Crippen LogP contribution in [0.3, 0.4) is 0 Å². The average Bonchev–Trinajstić information content (AvgIpc) is 3.02. The Hall–Kier alpha value is -2.67. The number of esters is 2. The number of sulfone groups is 1. The minimum absolute atomic E-state index is 0.0316. The second-order valence-electron chi connectivity index (χ2n) is 9.69. The van der Waals surface area contributed by atoms with Gasteiger partial charge in [-0.15, -0.1) is 0 Å². The van der Waals surface area contributed by atoms with Crippen LogP contribution < -0.4 is 0 Å². The van der Waals surface area contributed by atoms with E-state index in [0.717, 1.165) is 12.8 Å². The van der Waals surface area contributed by atoms with Gasteiger partial charge in [-0.3, -0.25) is 9.59 Å². The number of cyclic esters (lactones) is 1. The maximum atomic E-state index is 14.3. The molecule has 0 N–H and O–H groups in total. The molecule has 3 rings (SSSR count). The van der Waals surface area contributed by atoms with Gasteiger partial charge in [0.2, 0.25) is 0 Å². The van der Waals surface area contributed by atoms with Crippen molar-refractivity contribution in [3.05, 3.63) is 66.2 Å². The van der Waals surface area contributed by atoms with Gasteiger partial charge in [0.1, 0.15) is 5.60 Å². The Balaban J connectivity index is 2.21. The maximum absolute atomic E-state index is 14.3. The number of hydrogen-bond donors (Lipinski definition) is 0. The Labute approximate surface area is 202 Å². The van der Waals surface area contributed by atoms with Crippen LogP contribution in [-0.2, 0) is 35.3 Å². The number of carbonyl (C=O) groups excluding carboxylic acids is 2. The molecule has 184 valence electrons. The van der Waals surface area contributed by atoms with E-state index in [4.69, 9.17) is 9.47 Å². The molecule has 1 saturated heterocycles. The van der Waals surface area contributed by atoms with Crippen molar-refractivity contribution in [2.24, 2.45) is 11.8 Å². The third-order valence-corrected chi connectivity index (χ3v) is 9.31. The van der Waals surface area contributed by atoms with Crippen molar-refractivity contribution in [1.29, 1.82) is 0 Å². The van der Waals surface area contributed by atoms with Gasteiger partial charge in [-0.25, -0.2) is 8.42 Å². The highest BCUT2D eigenvalue weighted by atomic mass is 32.2. The molecule has 34 heavy (non-hydrogen) atoms. The fourth-order valence-electron chi connectivity index (χ4n) is 5.02. The van der Waals surface area contributed by atoms with Crippen molar-refractivity contribution < 1.29 is 27.5 Å². The zero-order chi connectivity index (χ0) is 25.0. The summed E-state index contributed by atoms with van der Waals surface area (Å²) in [6.07, 6.45) is 1.77. The number of benzene rings is 2. The van der Waals surface area contributed by atoms with Crippen LogP contribution in [0.5, 0.6) is 0 Å². The molecule has 0 saturated carbocycles. The molecule has 0 amide bonds. The third kappa shape index (κ3) is 4.90. The normalized spacial score (nSPS) is 24.7. The molecular formula is C27H34O6S. The number of ether oxygens (including phenoxy) is 2. The van der Waals surface area contributed by atoms with E-state index in [1.54, 1.807) is 49.4 Å². The first kappa shape index (κ1) is 25.9. The Kier molecular flexibility index (Phi) is 7.86. The third-order valence-electron chi connectivity index (χ3n) is 6.87. The molecule has 0 radical (unpaired) electrons.